The Balaban J connectivity index is 1.49. The maximum atomic E-state index is 5.36. The summed E-state index contributed by atoms with van der Waals surface area (Å²) < 4.78 is -0.896. The molecule has 0 N–H and O–H groups in total. The monoisotopic (exact) mass is 568 g/mol. The van der Waals surface area contributed by atoms with Crippen LogP contribution in [0.1, 0.15) is 52.8 Å². The summed E-state index contributed by atoms with van der Waals surface area (Å²) in [5, 5.41) is 8.67. The second kappa shape index (κ2) is 10.6. The van der Waals surface area contributed by atoms with Gasteiger partial charge in [-0.1, -0.05) is 159 Å². The molecule has 202 valence electrons. The Morgan fingerprint density at radius 1 is 0.585 bits per heavy atom. The van der Waals surface area contributed by atoms with E-state index >= 15 is 0 Å². The fraction of sp³-hybridized carbons (Fsp3) is 0.162. The smallest absolute Gasteiger partial charge is 0.187 e. The number of hydrazone groups is 1. The van der Waals surface area contributed by atoms with E-state index in [1.807, 2.05) is 23.5 Å². The van der Waals surface area contributed by atoms with Gasteiger partial charge >= 0.3 is 0 Å². The highest BCUT2D eigenvalue weighted by atomic mass is 32.2. The zero-order valence-corrected chi connectivity index (χ0v) is 25.0. The van der Waals surface area contributed by atoms with Gasteiger partial charge in [0.1, 0.15) is 5.04 Å². The number of anilines is 1. The highest BCUT2D eigenvalue weighted by Crippen LogP contribution is 2.71. The number of benzene rings is 5. The van der Waals surface area contributed by atoms with Crippen molar-refractivity contribution in [1.29, 1.82) is 0 Å². The molecule has 2 heterocycles. The van der Waals surface area contributed by atoms with E-state index in [0.717, 1.165) is 29.1 Å². The fourth-order valence-corrected chi connectivity index (χ4v) is 9.68. The average Bonchev–Trinajstić information content (AvgIpc) is 3.59. The number of thioether (sulfide) groups is 2. The molecule has 0 aliphatic carbocycles. The van der Waals surface area contributed by atoms with Crippen molar-refractivity contribution in [3.05, 3.63) is 172 Å². The molecular weight excluding hydrogens is 537 g/mol. The number of hydrogen-bond donors (Lipinski definition) is 0. The van der Waals surface area contributed by atoms with Crippen LogP contribution < -0.4 is 5.01 Å². The first kappa shape index (κ1) is 26.2. The molecule has 4 heteroatoms. The van der Waals surface area contributed by atoms with Crippen LogP contribution in [0.15, 0.2) is 139 Å². The SMILES string of the molecule is CCc1ccc(C2(c3ccc(CC)cc3)S[C@]3(SC(c4ccccc4)=NN3c3ccccc3)c3ccccc32)cc1. The molecule has 0 aromatic heterocycles. The first-order chi connectivity index (χ1) is 20.2. The first-order valence-corrected chi connectivity index (χ1v) is 16.0. The molecule has 5 aromatic rings. The molecule has 7 rings (SSSR count). The lowest BCUT2D eigenvalue weighted by molar-refractivity contribution is 0.806. The lowest BCUT2D eigenvalue weighted by Crippen LogP contribution is -2.34. The van der Waals surface area contributed by atoms with Crippen molar-refractivity contribution >= 4 is 34.3 Å². The Morgan fingerprint density at radius 2 is 1.10 bits per heavy atom. The van der Waals surface area contributed by atoms with Crippen molar-refractivity contribution in [2.75, 3.05) is 5.01 Å². The van der Waals surface area contributed by atoms with Crippen LogP contribution in [0.4, 0.5) is 5.69 Å². The number of nitrogens with zero attached hydrogens (tertiary/aromatic N) is 2. The lowest BCUT2D eigenvalue weighted by Gasteiger charge is -2.37. The van der Waals surface area contributed by atoms with Crippen LogP contribution >= 0.6 is 23.5 Å². The summed E-state index contributed by atoms with van der Waals surface area (Å²) in [6.45, 7) is 4.44. The Hall–Kier alpha value is -3.73. The number of para-hydroxylation sites is 1. The second-order valence-corrected chi connectivity index (χ2v) is 13.4. The van der Waals surface area contributed by atoms with Gasteiger partial charge in [0.15, 0.2) is 4.20 Å². The van der Waals surface area contributed by atoms with Crippen molar-refractivity contribution in [2.24, 2.45) is 5.10 Å². The van der Waals surface area contributed by atoms with Gasteiger partial charge in [-0.05, 0) is 52.8 Å². The van der Waals surface area contributed by atoms with Gasteiger partial charge in [-0.2, -0.15) is 5.10 Å². The zero-order chi connectivity index (χ0) is 27.9. The van der Waals surface area contributed by atoms with Crippen molar-refractivity contribution in [2.45, 2.75) is 35.6 Å². The predicted molar refractivity (Wildman–Crippen MR) is 177 cm³/mol. The van der Waals surface area contributed by atoms with Crippen molar-refractivity contribution in [3.8, 4) is 0 Å². The Labute approximate surface area is 251 Å². The maximum absolute atomic E-state index is 5.36. The number of hydrogen-bond acceptors (Lipinski definition) is 4. The van der Waals surface area contributed by atoms with Crippen molar-refractivity contribution in [3.63, 3.8) is 0 Å². The molecule has 41 heavy (non-hydrogen) atoms. The molecule has 0 saturated heterocycles. The van der Waals surface area contributed by atoms with E-state index in [1.54, 1.807) is 0 Å². The molecule has 0 radical (unpaired) electrons. The zero-order valence-electron chi connectivity index (χ0n) is 23.3. The lowest BCUT2D eigenvalue weighted by atomic mass is 9.81. The summed E-state index contributed by atoms with van der Waals surface area (Å²) in [6, 6.07) is 48.9. The number of rotatable bonds is 6. The van der Waals surface area contributed by atoms with E-state index in [4.69, 9.17) is 5.10 Å². The van der Waals surface area contributed by atoms with E-state index in [2.05, 4.69) is 152 Å². The highest BCUT2D eigenvalue weighted by molar-refractivity contribution is 8.26. The van der Waals surface area contributed by atoms with Crippen molar-refractivity contribution < 1.29 is 0 Å². The normalized spacial score (nSPS) is 18.9. The highest BCUT2D eigenvalue weighted by Gasteiger charge is 2.61. The van der Waals surface area contributed by atoms with Gasteiger partial charge in [-0.15, -0.1) is 0 Å². The summed E-state index contributed by atoms with van der Waals surface area (Å²) in [6.07, 6.45) is 2.05. The van der Waals surface area contributed by atoms with E-state index in [0.29, 0.717) is 0 Å². The van der Waals surface area contributed by atoms with Crippen LogP contribution in [0, 0.1) is 0 Å². The van der Waals surface area contributed by atoms with Gasteiger partial charge in [0.05, 0.1) is 10.4 Å². The molecule has 1 spiro atoms. The Bertz CT molecular complexity index is 1650. The summed E-state index contributed by atoms with van der Waals surface area (Å²) in [5.41, 5.74) is 10.2. The van der Waals surface area contributed by atoms with E-state index in [-0.39, 0.29) is 0 Å². The summed E-state index contributed by atoms with van der Waals surface area (Å²) >= 11 is 3.87. The van der Waals surface area contributed by atoms with Gasteiger partial charge in [-0.3, -0.25) is 0 Å². The van der Waals surface area contributed by atoms with Crippen molar-refractivity contribution in [1.82, 2.24) is 0 Å². The van der Waals surface area contributed by atoms with Gasteiger partial charge in [0.2, 0.25) is 0 Å². The van der Waals surface area contributed by atoms with Gasteiger partial charge < -0.3 is 0 Å². The van der Waals surface area contributed by atoms with Gasteiger partial charge in [0.25, 0.3) is 0 Å². The maximum Gasteiger partial charge on any atom is 0.187 e. The first-order valence-electron chi connectivity index (χ1n) is 14.4. The third kappa shape index (κ3) is 4.24. The molecule has 0 amide bonds. The topological polar surface area (TPSA) is 15.6 Å². The molecule has 1 atom stereocenters. The minimum atomic E-state index is -0.490. The molecule has 5 aromatic carbocycles. The van der Waals surface area contributed by atoms with Crippen LogP contribution in [-0.2, 0) is 21.8 Å². The standard InChI is InChI=1S/C37H32N2S2/c1-3-27-19-23-30(24-20-27)36(31-25-21-28(4-2)22-26-31)33-17-11-12-18-34(33)37(41-36)39(32-15-9-6-10-16-32)38-35(40-37)29-13-7-5-8-14-29/h5-26H,3-4H2,1-2H3/t37-/m1/s1. The average molecular weight is 569 g/mol. The molecule has 0 fully saturated rings. The summed E-state index contributed by atoms with van der Waals surface area (Å²) in [5.74, 6) is 0. The molecule has 0 saturated carbocycles. The third-order valence-electron chi connectivity index (χ3n) is 8.20. The Kier molecular flexibility index (Phi) is 6.76. The quantitative estimate of drug-likeness (QED) is 0.203. The largest absolute Gasteiger partial charge is 0.233 e. The molecule has 2 aliphatic rings. The van der Waals surface area contributed by atoms with Crippen LogP contribution in [0.25, 0.3) is 0 Å². The minimum Gasteiger partial charge on any atom is -0.233 e. The van der Waals surface area contributed by atoms with Crippen LogP contribution in [0.3, 0.4) is 0 Å². The molecule has 0 bridgehead atoms. The fourth-order valence-electron chi connectivity index (χ4n) is 6.01. The van der Waals surface area contributed by atoms with Crippen LogP contribution in [-0.4, -0.2) is 5.04 Å². The van der Waals surface area contributed by atoms with E-state index in [9.17, 15) is 0 Å². The molecule has 2 nitrogen and oxygen atoms in total. The molecule has 2 aliphatic heterocycles. The third-order valence-corrected chi connectivity index (χ3v) is 11.5. The van der Waals surface area contributed by atoms with E-state index < -0.39 is 8.95 Å². The van der Waals surface area contributed by atoms with Crippen LogP contribution in [0.2, 0.25) is 0 Å². The summed E-state index contributed by atoms with van der Waals surface area (Å²) in [7, 11) is 0. The van der Waals surface area contributed by atoms with E-state index in [1.165, 1.54) is 33.4 Å². The number of aryl methyl sites for hydroxylation is 2. The minimum absolute atomic E-state index is 0.406. The number of fused-ring (bicyclic) bond motifs is 2. The molecule has 0 unspecified atom stereocenters. The predicted octanol–water partition coefficient (Wildman–Crippen LogP) is 9.58. The van der Waals surface area contributed by atoms with Crippen LogP contribution in [0.5, 0.6) is 0 Å². The second-order valence-electron chi connectivity index (χ2n) is 10.5. The van der Waals surface area contributed by atoms with Gasteiger partial charge in [0, 0.05) is 11.1 Å². The Morgan fingerprint density at radius 3 is 1.66 bits per heavy atom. The molecular formula is C37H32N2S2. The van der Waals surface area contributed by atoms with Gasteiger partial charge in [-0.25, -0.2) is 5.01 Å². The summed E-state index contributed by atoms with van der Waals surface area (Å²) in [4.78, 5) is 0.